The third kappa shape index (κ3) is 6.76. The molecular weight excluding hydrogens is 544 g/mol. The third-order valence-electron chi connectivity index (χ3n) is 7.49. The average molecular weight is 583 g/mol. The molecule has 0 aliphatic heterocycles. The Balaban J connectivity index is 1.55. The average Bonchev–Trinajstić information content (AvgIpc) is 3.00. The van der Waals surface area contributed by atoms with E-state index in [0.717, 1.165) is 33.4 Å². The molecule has 2 aromatic heterocycles. The van der Waals surface area contributed by atoms with Crippen LogP contribution in [0, 0.1) is 0 Å². The van der Waals surface area contributed by atoms with E-state index < -0.39 is 0 Å². The minimum absolute atomic E-state index is 0.201. The number of aromatic nitrogens is 2. The topological polar surface area (TPSA) is 91.0 Å². The van der Waals surface area contributed by atoms with E-state index in [1.54, 1.807) is 37.2 Å². The molecule has 0 amide bonds. The quantitative estimate of drug-likeness (QED) is 0.195. The van der Waals surface area contributed by atoms with Gasteiger partial charge < -0.3 is 10.2 Å². The SMILES string of the molecule is CC(C)(C)c1cc(-c2ccncc2)cc(C=Nc2ccccc2N=Cc2cc(-c3ccncc3)cc(C(C)(C)C)c2O)c1O. The minimum atomic E-state index is -0.281. The fourth-order valence-corrected chi connectivity index (χ4v) is 5.04. The first-order chi connectivity index (χ1) is 20.9. The second-order valence-electron chi connectivity index (χ2n) is 12.9. The maximum atomic E-state index is 11.3. The number of pyridine rings is 2. The standard InChI is InChI=1S/C38H38N4O2/c1-37(2,3)31-21-27(25-11-15-39-16-12-25)19-29(35(31)43)23-41-33-9-7-8-10-34(33)42-24-30-20-28(26-13-17-40-18-14-26)22-32(36(30)44)38(4,5)6/h7-24,43-44H,1-6H3. The van der Waals surface area contributed by atoms with Gasteiger partial charge in [0.2, 0.25) is 0 Å². The Labute approximate surface area is 259 Å². The van der Waals surface area contributed by atoms with E-state index in [4.69, 9.17) is 9.98 Å². The molecule has 222 valence electrons. The van der Waals surface area contributed by atoms with Crippen molar-refractivity contribution in [3.8, 4) is 33.8 Å². The highest BCUT2D eigenvalue weighted by Crippen LogP contribution is 2.39. The molecule has 0 spiro atoms. The Morgan fingerprint density at radius 1 is 0.523 bits per heavy atom. The number of benzene rings is 3. The number of hydrogen-bond acceptors (Lipinski definition) is 6. The van der Waals surface area contributed by atoms with Gasteiger partial charge in [-0.1, -0.05) is 53.7 Å². The molecule has 6 heteroatoms. The van der Waals surface area contributed by atoms with Crippen LogP contribution in [-0.2, 0) is 10.8 Å². The molecular formula is C38H38N4O2. The Morgan fingerprint density at radius 3 is 1.23 bits per heavy atom. The lowest BCUT2D eigenvalue weighted by Crippen LogP contribution is -2.12. The van der Waals surface area contributed by atoms with Gasteiger partial charge in [-0.3, -0.25) is 20.0 Å². The molecule has 3 aromatic carbocycles. The van der Waals surface area contributed by atoms with E-state index in [-0.39, 0.29) is 22.3 Å². The molecule has 0 atom stereocenters. The van der Waals surface area contributed by atoms with Crippen molar-refractivity contribution >= 4 is 23.8 Å². The van der Waals surface area contributed by atoms with Crippen LogP contribution in [0.15, 0.2) is 108 Å². The van der Waals surface area contributed by atoms with Gasteiger partial charge in [-0.05, 0) is 93.7 Å². The normalized spacial score (nSPS) is 12.3. The summed E-state index contributed by atoms with van der Waals surface area (Å²) < 4.78 is 0. The van der Waals surface area contributed by atoms with Crippen LogP contribution in [0.4, 0.5) is 11.4 Å². The zero-order chi connectivity index (χ0) is 31.5. The van der Waals surface area contributed by atoms with Crippen LogP contribution in [0.2, 0.25) is 0 Å². The Kier molecular flexibility index (Phi) is 8.45. The highest BCUT2D eigenvalue weighted by molar-refractivity contribution is 5.92. The summed E-state index contributed by atoms with van der Waals surface area (Å²) in [5, 5.41) is 22.5. The van der Waals surface area contributed by atoms with Crippen molar-refractivity contribution in [3.05, 3.63) is 120 Å². The number of rotatable bonds is 6. The van der Waals surface area contributed by atoms with Gasteiger partial charge in [0.15, 0.2) is 0 Å². The molecule has 0 aliphatic rings. The van der Waals surface area contributed by atoms with Gasteiger partial charge in [0.05, 0.1) is 11.4 Å². The lowest BCUT2D eigenvalue weighted by atomic mass is 9.83. The van der Waals surface area contributed by atoms with Gasteiger partial charge in [0.25, 0.3) is 0 Å². The van der Waals surface area contributed by atoms with Crippen molar-refractivity contribution in [1.29, 1.82) is 0 Å². The van der Waals surface area contributed by atoms with Gasteiger partial charge in [0, 0.05) is 59.5 Å². The molecule has 0 unspecified atom stereocenters. The summed E-state index contributed by atoms with van der Waals surface area (Å²) in [6, 6.07) is 23.3. The van der Waals surface area contributed by atoms with Crippen molar-refractivity contribution in [2.24, 2.45) is 9.98 Å². The smallest absolute Gasteiger partial charge is 0.128 e. The molecule has 6 nitrogen and oxygen atoms in total. The summed E-state index contributed by atoms with van der Waals surface area (Å²) in [7, 11) is 0. The largest absolute Gasteiger partial charge is 0.507 e. The number of phenolic OH excluding ortho intramolecular Hbond substituents is 2. The predicted molar refractivity (Wildman–Crippen MR) is 181 cm³/mol. The Hall–Kier alpha value is -5.10. The summed E-state index contributed by atoms with van der Waals surface area (Å²) in [5.41, 5.74) is 7.56. The number of phenols is 2. The molecule has 0 bridgehead atoms. The molecule has 0 saturated carbocycles. The molecule has 0 fully saturated rings. The van der Waals surface area contributed by atoms with Crippen molar-refractivity contribution in [2.75, 3.05) is 0 Å². The third-order valence-corrected chi connectivity index (χ3v) is 7.49. The van der Waals surface area contributed by atoms with Crippen molar-refractivity contribution in [1.82, 2.24) is 9.97 Å². The lowest BCUT2D eigenvalue weighted by molar-refractivity contribution is 0.445. The van der Waals surface area contributed by atoms with Crippen LogP contribution in [0.1, 0.15) is 63.8 Å². The van der Waals surface area contributed by atoms with Crippen LogP contribution < -0.4 is 0 Å². The number of nitrogens with zero attached hydrogens (tertiary/aromatic N) is 4. The first-order valence-corrected chi connectivity index (χ1v) is 14.6. The molecule has 2 N–H and O–H groups in total. The second-order valence-corrected chi connectivity index (χ2v) is 12.9. The number of aliphatic imine (C=N–C) groups is 2. The summed E-state index contributed by atoms with van der Waals surface area (Å²) in [6.45, 7) is 12.5. The van der Waals surface area contributed by atoms with E-state index in [2.05, 4.69) is 51.5 Å². The van der Waals surface area contributed by atoms with E-state index in [1.165, 1.54) is 0 Å². The summed E-state index contributed by atoms with van der Waals surface area (Å²) in [4.78, 5) is 17.8. The molecule has 2 heterocycles. The van der Waals surface area contributed by atoms with Gasteiger partial charge in [0.1, 0.15) is 11.5 Å². The highest BCUT2D eigenvalue weighted by atomic mass is 16.3. The lowest BCUT2D eigenvalue weighted by Gasteiger charge is -2.23. The molecule has 0 saturated heterocycles. The zero-order valence-electron chi connectivity index (χ0n) is 26.1. The molecule has 5 aromatic rings. The molecule has 44 heavy (non-hydrogen) atoms. The van der Waals surface area contributed by atoms with E-state index in [0.29, 0.717) is 22.5 Å². The van der Waals surface area contributed by atoms with E-state index in [9.17, 15) is 10.2 Å². The van der Waals surface area contributed by atoms with Crippen LogP contribution in [0.5, 0.6) is 11.5 Å². The predicted octanol–water partition coefficient (Wildman–Crippen LogP) is 9.32. The second kappa shape index (κ2) is 12.3. The Morgan fingerprint density at radius 2 is 0.886 bits per heavy atom. The Bertz CT molecular complexity index is 1700. The van der Waals surface area contributed by atoms with Crippen molar-refractivity contribution in [3.63, 3.8) is 0 Å². The number of hydrogen-bond donors (Lipinski definition) is 2. The van der Waals surface area contributed by atoms with E-state index in [1.807, 2.05) is 72.8 Å². The van der Waals surface area contributed by atoms with Crippen LogP contribution in [0.3, 0.4) is 0 Å². The van der Waals surface area contributed by atoms with Crippen LogP contribution >= 0.6 is 0 Å². The van der Waals surface area contributed by atoms with Gasteiger partial charge in [-0.2, -0.15) is 0 Å². The monoisotopic (exact) mass is 582 g/mol. The summed E-state index contributed by atoms with van der Waals surface area (Å²) in [6.07, 6.45) is 10.4. The van der Waals surface area contributed by atoms with E-state index >= 15 is 0 Å². The molecule has 5 rings (SSSR count). The maximum Gasteiger partial charge on any atom is 0.128 e. The molecule has 0 aliphatic carbocycles. The van der Waals surface area contributed by atoms with Gasteiger partial charge >= 0.3 is 0 Å². The van der Waals surface area contributed by atoms with Crippen molar-refractivity contribution < 1.29 is 10.2 Å². The first kappa shape index (κ1) is 30.4. The first-order valence-electron chi connectivity index (χ1n) is 14.6. The minimum Gasteiger partial charge on any atom is -0.507 e. The maximum absolute atomic E-state index is 11.3. The van der Waals surface area contributed by atoms with Crippen LogP contribution in [-0.4, -0.2) is 32.6 Å². The van der Waals surface area contributed by atoms with Gasteiger partial charge in [-0.25, -0.2) is 0 Å². The summed E-state index contributed by atoms with van der Waals surface area (Å²) >= 11 is 0. The molecule has 0 radical (unpaired) electrons. The fourth-order valence-electron chi connectivity index (χ4n) is 5.04. The van der Waals surface area contributed by atoms with Crippen molar-refractivity contribution in [2.45, 2.75) is 52.4 Å². The highest BCUT2D eigenvalue weighted by Gasteiger charge is 2.23. The number of para-hydroxylation sites is 2. The van der Waals surface area contributed by atoms with Crippen LogP contribution in [0.25, 0.3) is 22.3 Å². The fraction of sp³-hybridized carbons (Fsp3) is 0.211. The zero-order valence-corrected chi connectivity index (χ0v) is 26.1. The number of aromatic hydroxyl groups is 2. The van der Waals surface area contributed by atoms with Gasteiger partial charge in [-0.15, -0.1) is 0 Å². The summed E-state index contributed by atoms with van der Waals surface area (Å²) in [5.74, 6) is 0.403.